The van der Waals surface area contributed by atoms with Gasteiger partial charge in [-0.25, -0.2) is 14.8 Å². The van der Waals surface area contributed by atoms with Crippen molar-refractivity contribution in [1.82, 2.24) is 40.3 Å². The van der Waals surface area contributed by atoms with Crippen molar-refractivity contribution < 1.29 is 14.7 Å². The second-order valence-corrected chi connectivity index (χ2v) is 11.2. The van der Waals surface area contributed by atoms with Crippen LogP contribution >= 0.6 is 11.3 Å². The molecule has 4 aromatic rings. The minimum Gasteiger partial charge on any atom is -0.465 e. The Balaban J connectivity index is 1.48. The number of carboxylic acid groups (broad SMARTS) is 1. The SMILES string of the molecule is CC(C)(C)c1csc(NC(=O)c2ccn3c(=O)c(C=Cc4nn[nH]n4)c(N4CCC(NC(=O)O)CC4)nc3c2)n1. The highest BCUT2D eigenvalue weighted by atomic mass is 32.1. The number of carbonyl (C=O) groups is 2. The number of tetrazole rings is 1. The lowest BCUT2D eigenvalue weighted by molar-refractivity contribution is 0.102. The molecule has 0 spiro atoms. The van der Waals surface area contributed by atoms with E-state index in [1.54, 1.807) is 24.3 Å². The van der Waals surface area contributed by atoms with Gasteiger partial charge in [-0.3, -0.25) is 19.3 Å². The van der Waals surface area contributed by atoms with Crippen LogP contribution in [-0.2, 0) is 5.41 Å². The molecule has 1 fully saturated rings. The molecule has 208 valence electrons. The van der Waals surface area contributed by atoms with E-state index in [9.17, 15) is 14.4 Å². The van der Waals surface area contributed by atoms with Crippen LogP contribution in [0.5, 0.6) is 0 Å². The summed E-state index contributed by atoms with van der Waals surface area (Å²) in [6, 6.07) is 2.93. The number of carbonyl (C=O) groups excluding carboxylic acids is 1. The van der Waals surface area contributed by atoms with Crippen molar-refractivity contribution in [2.24, 2.45) is 0 Å². The Hall–Kier alpha value is -4.66. The first-order valence-corrected chi connectivity index (χ1v) is 13.5. The third-order valence-corrected chi connectivity index (χ3v) is 7.24. The number of amides is 2. The van der Waals surface area contributed by atoms with E-state index in [-0.39, 0.29) is 22.9 Å². The highest BCUT2D eigenvalue weighted by molar-refractivity contribution is 7.14. The first kappa shape index (κ1) is 26.9. The Labute approximate surface area is 232 Å². The summed E-state index contributed by atoms with van der Waals surface area (Å²) in [6.07, 6.45) is 4.68. The third-order valence-electron chi connectivity index (χ3n) is 6.48. The van der Waals surface area contributed by atoms with Crippen LogP contribution in [0.4, 0.5) is 15.7 Å². The summed E-state index contributed by atoms with van der Waals surface area (Å²) in [4.78, 5) is 49.0. The zero-order valence-corrected chi connectivity index (χ0v) is 22.9. The summed E-state index contributed by atoms with van der Waals surface area (Å²) < 4.78 is 1.37. The van der Waals surface area contributed by atoms with Crippen molar-refractivity contribution >= 4 is 52.1 Å². The minimum absolute atomic E-state index is 0.141. The van der Waals surface area contributed by atoms with Gasteiger partial charge >= 0.3 is 6.09 Å². The number of hydrogen-bond acceptors (Lipinski definition) is 10. The molecule has 14 nitrogen and oxygen atoms in total. The molecule has 0 radical (unpaired) electrons. The van der Waals surface area contributed by atoms with Crippen molar-refractivity contribution in [1.29, 1.82) is 0 Å². The molecule has 1 aliphatic heterocycles. The minimum atomic E-state index is -1.07. The molecular formula is C25H28N10O4S. The molecule has 0 saturated carbocycles. The van der Waals surface area contributed by atoms with Crippen LogP contribution in [0.25, 0.3) is 17.8 Å². The fourth-order valence-electron chi connectivity index (χ4n) is 4.32. The fourth-order valence-corrected chi connectivity index (χ4v) is 5.25. The van der Waals surface area contributed by atoms with E-state index in [0.29, 0.717) is 59.5 Å². The van der Waals surface area contributed by atoms with E-state index in [4.69, 9.17) is 10.1 Å². The Morgan fingerprint density at radius 2 is 1.98 bits per heavy atom. The van der Waals surface area contributed by atoms with E-state index >= 15 is 0 Å². The van der Waals surface area contributed by atoms with E-state index in [1.165, 1.54) is 21.9 Å². The molecule has 15 heteroatoms. The van der Waals surface area contributed by atoms with Crippen LogP contribution < -0.4 is 21.1 Å². The molecular weight excluding hydrogens is 536 g/mol. The highest BCUT2D eigenvalue weighted by Crippen LogP contribution is 2.27. The van der Waals surface area contributed by atoms with Gasteiger partial charge in [0.15, 0.2) is 11.0 Å². The van der Waals surface area contributed by atoms with Crippen molar-refractivity contribution in [2.75, 3.05) is 23.3 Å². The lowest BCUT2D eigenvalue weighted by atomic mass is 9.93. The molecule has 4 aromatic heterocycles. The van der Waals surface area contributed by atoms with Crippen LogP contribution in [0.1, 0.15) is 61.1 Å². The van der Waals surface area contributed by atoms with Gasteiger partial charge in [-0.05, 0) is 42.3 Å². The van der Waals surface area contributed by atoms with Crippen LogP contribution in [0.2, 0.25) is 0 Å². The summed E-state index contributed by atoms with van der Waals surface area (Å²) in [6.45, 7) is 7.12. The Morgan fingerprint density at radius 1 is 1.20 bits per heavy atom. The number of thiazole rings is 1. The second kappa shape index (κ2) is 10.8. The lowest BCUT2D eigenvalue weighted by Gasteiger charge is -2.33. The fraction of sp³-hybridized carbons (Fsp3) is 0.360. The van der Waals surface area contributed by atoms with Crippen LogP contribution in [0.3, 0.4) is 0 Å². The van der Waals surface area contributed by atoms with Gasteiger partial charge in [0.1, 0.15) is 11.5 Å². The van der Waals surface area contributed by atoms with E-state index in [1.807, 2.05) is 10.3 Å². The molecule has 0 bridgehead atoms. The number of anilines is 2. The normalized spacial score (nSPS) is 14.6. The standard InChI is InChI=1S/C25H28N10O4S/c1-25(2,3)17-13-40-23(27-17)29-21(36)14-6-11-35-19(12-14)28-20(34-9-7-15(8-10-34)26-24(38)39)16(22(35)37)4-5-18-30-32-33-31-18/h4-6,11-13,15,26H,7-10H2,1-3H3,(H,38,39)(H,27,29,36)(H,30,31,32,33). The summed E-state index contributed by atoms with van der Waals surface area (Å²) >= 11 is 1.35. The lowest BCUT2D eigenvalue weighted by Crippen LogP contribution is -2.45. The number of rotatable bonds is 6. The van der Waals surface area contributed by atoms with E-state index in [0.717, 1.165) is 5.69 Å². The molecule has 0 unspecified atom stereocenters. The topological polar surface area (TPSA) is 183 Å². The summed E-state index contributed by atoms with van der Waals surface area (Å²) in [7, 11) is 0. The molecule has 0 aliphatic carbocycles. The largest absolute Gasteiger partial charge is 0.465 e. The predicted octanol–water partition coefficient (Wildman–Crippen LogP) is 2.62. The molecule has 2 amide bonds. The number of pyridine rings is 1. The molecule has 1 saturated heterocycles. The summed E-state index contributed by atoms with van der Waals surface area (Å²) in [5.41, 5.74) is 1.33. The monoisotopic (exact) mass is 564 g/mol. The molecule has 5 heterocycles. The number of nitrogens with one attached hydrogen (secondary N) is 3. The van der Waals surface area contributed by atoms with Crippen molar-refractivity contribution in [2.45, 2.75) is 45.1 Å². The maximum atomic E-state index is 13.6. The Bertz CT molecular complexity index is 1630. The van der Waals surface area contributed by atoms with Crippen molar-refractivity contribution in [3.63, 3.8) is 0 Å². The van der Waals surface area contributed by atoms with Crippen LogP contribution in [0.15, 0.2) is 28.5 Å². The van der Waals surface area contributed by atoms with E-state index in [2.05, 4.69) is 57.0 Å². The van der Waals surface area contributed by atoms with Gasteiger partial charge in [-0.1, -0.05) is 20.8 Å². The number of H-pyrrole nitrogens is 1. The summed E-state index contributed by atoms with van der Waals surface area (Å²) in [5, 5.41) is 30.5. The quantitative estimate of drug-likeness (QED) is 0.271. The number of piperidine rings is 1. The highest BCUT2D eigenvalue weighted by Gasteiger charge is 2.25. The van der Waals surface area contributed by atoms with Crippen molar-refractivity contribution in [3.05, 3.63) is 56.7 Å². The number of aromatic nitrogens is 7. The van der Waals surface area contributed by atoms with Gasteiger partial charge in [-0.2, -0.15) is 5.21 Å². The van der Waals surface area contributed by atoms with Gasteiger partial charge in [0.25, 0.3) is 11.5 Å². The number of fused-ring (bicyclic) bond motifs is 1. The van der Waals surface area contributed by atoms with Gasteiger partial charge in [0.2, 0.25) is 0 Å². The average molecular weight is 565 g/mol. The Morgan fingerprint density at radius 3 is 2.62 bits per heavy atom. The first-order valence-electron chi connectivity index (χ1n) is 12.6. The molecule has 0 aromatic carbocycles. The van der Waals surface area contributed by atoms with Gasteiger partial charge in [0.05, 0.1) is 11.3 Å². The maximum Gasteiger partial charge on any atom is 0.404 e. The Kier molecular flexibility index (Phi) is 7.30. The van der Waals surface area contributed by atoms with E-state index < -0.39 is 6.09 Å². The zero-order valence-electron chi connectivity index (χ0n) is 22.1. The maximum absolute atomic E-state index is 13.6. The first-order chi connectivity index (χ1) is 19.1. The van der Waals surface area contributed by atoms with Gasteiger partial charge < -0.3 is 15.3 Å². The molecule has 5 rings (SSSR count). The van der Waals surface area contributed by atoms with Gasteiger partial charge in [0, 0.05) is 41.7 Å². The number of nitrogens with zero attached hydrogens (tertiary/aromatic N) is 7. The van der Waals surface area contributed by atoms with Gasteiger partial charge in [-0.15, -0.1) is 21.5 Å². The molecule has 0 atom stereocenters. The number of aromatic amines is 1. The molecule has 40 heavy (non-hydrogen) atoms. The number of hydrogen-bond donors (Lipinski definition) is 4. The van der Waals surface area contributed by atoms with Crippen molar-refractivity contribution in [3.8, 4) is 0 Å². The third kappa shape index (κ3) is 5.83. The summed E-state index contributed by atoms with van der Waals surface area (Å²) in [5.74, 6) is 0.351. The molecule has 1 aliphatic rings. The predicted molar refractivity (Wildman–Crippen MR) is 150 cm³/mol. The second-order valence-electron chi connectivity index (χ2n) is 10.4. The smallest absolute Gasteiger partial charge is 0.404 e. The van der Waals surface area contributed by atoms with Crippen LogP contribution in [-0.4, -0.2) is 71.2 Å². The average Bonchev–Trinajstić information content (AvgIpc) is 3.60. The zero-order chi connectivity index (χ0) is 28.4. The molecule has 4 N–H and O–H groups in total. The van der Waals surface area contributed by atoms with Crippen LogP contribution in [0, 0.1) is 0 Å².